The van der Waals surface area contributed by atoms with E-state index in [2.05, 4.69) is 121 Å². The molecule has 4 rings (SSSR count). The molecule has 0 aliphatic carbocycles. The van der Waals surface area contributed by atoms with Crippen molar-refractivity contribution in [3.63, 3.8) is 0 Å². The number of benzene rings is 4. The van der Waals surface area contributed by atoms with Gasteiger partial charge in [0.15, 0.2) is 0 Å². The Morgan fingerprint density at radius 1 is 0.394 bits per heavy atom. The van der Waals surface area contributed by atoms with Crippen molar-refractivity contribution in [3.8, 4) is 0 Å². The zero-order valence-electron chi connectivity index (χ0n) is 18.4. The Morgan fingerprint density at radius 2 is 0.606 bits per heavy atom. The molecule has 0 aromatic heterocycles. The molecular formula is C28H28NiP2S2. The summed E-state index contributed by atoms with van der Waals surface area (Å²) in [7, 11) is -0.510. The standard InChI is InChI=1S/2C14H15PS.Ni/c2*16-12-11-15(13-7-3-1-4-8-13)14-9-5-2-6-10-14;/h2*1-10,16H,11-12H2;/q;;+2/p-2. The first-order valence-corrected chi connectivity index (χ1v) is 15.0. The maximum absolute atomic E-state index is 5.14. The number of rotatable bonds is 8. The maximum Gasteiger partial charge on any atom is 2.00 e. The zero-order valence-corrected chi connectivity index (χ0v) is 22.8. The second-order valence-electron chi connectivity index (χ2n) is 7.05. The van der Waals surface area contributed by atoms with Gasteiger partial charge in [-0.1, -0.05) is 121 Å². The third kappa shape index (κ3) is 9.24. The van der Waals surface area contributed by atoms with Gasteiger partial charge in [0, 0.05) is 0 Å². The van der Waals surface area contributed by atoms with E-state index in [4.69, 9.17) is 25.3 Å². The topological polar surface area (TPSA) is 0 Å². The Hall–Kier alpha value is -1.07. The van der Waals surface area contributed by atoms with E-state index in [9.17, 15) is 0 Å². The molecule has 0 radical (unpaired) electrons. The van der Waals surface area contributed by atoms with Crippen LogP contribution >= 0.6 is 15.8 Å². The summed E-state index contributed by atoms with van der Waals surface area (Å²) in [5, 5.41) is 5.70. The van der Waals surface area contributed by atoms with E-state index in [1.165, 1.54) is 21.2 Å². The SMILES string of the molecule is [Ni+2].[S-]CCP(c1ccccc1)c1ccccc1.[S-]CCP(c1ccccc1)c1ccccc1. The third-order valence-corrected chi connectivity index (χ3v) is 10.9. The summed E-state index contributed by atoms with van der Waals surface area (Å²) < 4.78 is 0. The van der Waals surface area contributed by atoms with Crippen molar-refractivity contribution in [1.29, 1.82) is 0 Å². The minimum absolute atomic E-state index is 0. The molecule has 5 heteroatoms. The smallest absolute Gasteiger partial charge is 0.792 e. The van der Waals surface area contributed by atoms with Crippen molar-refractivity contribution >= 4 is 62.3 Å². The molecule has 0 bridgehead atoms. The average molecular weight is 549 g/mol. The van der Waals surface area contributed by atoms with Crippen molar-refractivity contribution in [1.82, 2.24) is 0 Å². The Kier molecular flexibility index (Phi) is 14.1. The second kappa shape index (κ2) is 16.5. The molecule has 0 heterocycles. The molecule has 0 fully saturated rings. The summed E-state index contributed by atoms with van der Waals surface area (Å²) in [5.74, 6) is 1.66. The van der Waals surface area contributed by atoms with Gasteiger partial charge in [0.25, 0.3) is 0 Å². The second-order valence-corrected chi connectivity index (χ2v) is 12.5. The van der Waals surface area contributed by atoms with E-state index in [1.807, 2.05) is 0 Å². The first-order chi connectivity index (χ1) is 15.8. The Balaban J connectivity index is 0.000000227. The predicted octanol–water partition coefficient (Wildman–Crippen LogP) is 5.33. The van der Waals surface area contributed by atoms with E-state index in [-0.39, 0.29) is 32.3 Å². The van der Waals surface area contributed by atoms with Crippen LogP contribution < -0.4 is 21.2 Å². The van der Waals surface area contributed by atoms with Gasteiger partial charge in [0.1, 0.15) is 0 Å². The molecule has 4 aromatic carbocycles. The molecule has 172 valence electrons. The van der Waals surface area contributed by atoms with E-state index in [0.29, 0.717) is 0 Å². The van der Waals surface area contributed by atoms with Crippen LogP contribution in [0, 0.1) is 0 Å². The van der Waals surface area contributed by atoms with Crippen molar-refractivity contribution in [3.05, 3.63) is 121 Å². The van der Waals surface area contributed by atoms with Crippen molar-refractivity contribution in [2.24, 2.45) is 0 Å². The molecule has 4 aromatic rings. The van der Waals surface area contributed by atoms with Gasteiger partial charge in [0.05, 0.1) is 0 Å². The third-order valence-electron chi connectivity index (χ3n) is 4.90. The van der Waals surface area contributed by atoms with E-state index >= 15 is 0 Å². The minimum Gasteiger partial charge on any atom is -0.792 e. The molecule has 0 unspecified atom stereocenters. The fourth-order valence-electron chi connectivity index (χ4n) is 3.43. The molecule has 0 saturated heterocycles. The quantitative estimate of drug-likeness (QED) is 0.166. The molecule has 0 aliphatic rings. The molecule has 33 heavy (non-hydrogen) atoms. The molecular weight excluding hydrogens is 521 g/mol. The van der Waals surface area contributed by atoms with Gasteiger partial charge in [0.2, 0.25) is 0 Å². The first-order valence-electron chi connectivity index (χ1n) is 10.7. The zero-order chi connectivity index (χ0) is 22.4. The predicted molar refractivity (Wildman–Crippen MR) is 152 cm³/mol. The summed E-state index contributed by atoms with van der Waals surface area (Å²) >= 11 is 10.3. The van der Waals surface area contributed by atoms with Crippen molar-refractivity contribution < 1.29 is 16.5 Å². The van der Waals surface area contributed by atoms with Gasteiger partial charge in [-0.05, 0) is 49.4 Å². The van der Waals surface area contributed by atoms with E-state index in [0.717, 1.165) is 23.8 Å². The molecule has 0 aliphatic heterocycles. The van der Waals surface area contributed by atoms with Crippen molar-refractivity contribution in [2.75, 3.05) is 23.8 Å². The van der Waals surface area contributed by atoms with Crippen LogP contribution in [0.25, 0.3) is 0 Å². The fraction of sp³-hybridized carbons (Fsp3) is 0.143. The summed E-state index contributed by atoms with van der Waals surface area (Å²) in [4.78, 5) is 0. The van der Waals surface area contributed by atoms with Crippen LogP contribution in [0.4, 0.5) is 0 Å². The monoisotopic (exact) mass is 548 g/mol. The van der Waals surface area contributed by atoms with Gasteiger partial charge in [-0.3, -0.25) is 0 Å². The van der Waals surface area contributed by atoms with Gasteiger partial charge < -0.3 is 25.3 Å². The largest absolute Gasteiger partial charge is 2.00 e. The average Bonchev–Trinajstić information content (AvgIpc) is 2.88. The van der Waals surface area contributed by atoms with Crippen LogP contribution in [-0.4, -0.2) is 23.8 Å². The van der Waals surface area contributed by atoms with Gasteiger partial charge in [-0.25, -0.2) is 0 Å². The molecule has 0 spiro atoms. The molecule has 0 atom stereocenters. The molecule has 0 amide bonds. The van der Waals surface area contributed by atoms with E-state index in [1.54, 1.807) is 0 Å². The minimum atomic E-state index is -0.255. The molecule has 0 N–H and O–H groups in total. The van der Waals surface area contributed by atoms with Gasteiger partial charge in [-0.15, -0.1) is 0 Å². The van der Waals surface area contributed by atoms with Crippen LogP contribution in [0.1, 0.15) is 0 Å². The summed E-state index contributed by atoms with van der Waals surface area (Å²) in [5.41, 5.74) is 0. The van der Waals surface area contributed by atoms with Crippen LogP contribution in [0.2, 0.25) is 0 Å². The maximum atomic E-state index is 5.14. The summed E-state index contributed by atoms with van der Waals surface area (Å²) in [6.45, 7) is 0. The number of hydrogen-bond donors (Lipinski definition) is 0. The summed E-state index contributed by atoms with van der Waals surface area (Å²) in [6.07, 6.45) is 2.19. The van der Waals surface area contributed by atoms with Gasteiger partial charge >= 0.3 is 16.5 Å². The number of hydrogen-bond acceptors (Lipinski definition) is 2. The van der Waals surface area contributed by atoms with Crippen molar-refractivity contribution in [2.45, 2.75) is 0 Å². The van der Waals surface area contributed by atoms with Crippen LogP contribution in [0.5, 0.6) is 0 Å². The Labute approximate surface area is 222 Å². The normalized spacial score (nSPS) is 10.3. The Morgan fingerprint density at radius 3 is 0.788 bits per heavy atom. The van der Waals surface area contributed by atoms with E-state index < -0.39 is 0 Å². The first kappa shape index (κ1) is 28.2. The summed E-state index contributed by atoms with van der Waals surface area (Å²) in [6, 6.07) is 42.8. The van der Waals surface area contributed by atoms with Gasteiger partial charge in [-0.2, -0.15) is 11.5 Å². The van der Waals surface area contributed by atoms with Crippen LogP contribution in [0.15, 0.2) is 121 Å². The fourth-order valence-corrected chi connectivity index (χ4v) is 8.65. The van der Waals surface area contributed by atoms with Crippen LogP contribution in [-0.2, 0) is 41.7 Å². The molecule has 0 nitrogen and oxygen atoms in total. The Bertz CT molecular complexity index is 839. The molecule has 0 saturated carbocycles. The van der Waals surface area contributed by atoms with Crippen LogP contribution in [0.3, 0.4) is 0 Å².